The van der Waals surface area contributed by atoms with E-state index in [-0.39, 0.29) is 19.1 Å². The van der Waals surface area contributed by atoms with Crippen molar-refractivity contribution in [2.45, 2.75) is 32.3 Å². The van der Waals surface area contributed by atoms with Crippen molar-refractivity contribution >= 4 is 12.2 Å². The fourth-order valence-corrected chi connectivity index (χ4v) is 3.32. The molecule has 3 rings (SSSR count). The molecule has 0 saturated heterocycles. The molecule has 29 heavy (non-hydrogen) atoms. The second-order valence-corrected chi connectivity index (χ2v) is 7.71. The van der Waals surface area contributed by atoms with E-state index in [1.807, 2.05) is 36.4 Å². The van der Waals surface area contributed by atoms with Crippen molar-refractivity contribution in [1.82, 2.24) is 10.4 Å². The molecule has 0 heterocycles. The second-order valence-electron chi connectivity index (χ2n) is 7.71. The first-order valence-electron chi connectivity index (χ1n) is 9.36. The number of carbonyl (C=O) groups is 2. The maximum Gasteiger partial charge on any atom is 0.429 e. The van der Waals surface area contributed by atoms with Crippen molar-refractivity contribution < 1.29 is 19.1 Å². The molecule has 0 spiro atoms. The van der Waals surface area contributed by atoms with Crippen LogP contribution in [0.1, 0.15) is 37.8 Å². The first-order valence-corrected chi connectivity index (χ1v) is 9.36. The molecule has 150 valence electrons. The fourth-order valence-electron chi connectivity index (χ4n) is 3.32. The molecule has 0 atom stereocenters. The van der Waals surface area contributed by atoms with E-state index in [4.69, 9.17) is 15.9 Å². The summed E-state index contributed by atoms with van der Waals surface area (Å²) in [6, 6.07) is 16.1. The van der Waals surface area contributed by atoms with Gasteiger partial charge < -0.3 is 9.47 Å². The van der Waals surface area contributed by atoms with E-state index in [9.17, 15) is 9.59 Å². The summed E-state index contributed by atoms with van der Waals surface area (Å²) in [5, 5.41) is 0.931. The molecule has 0 aromatic heterocycles. The maximum atomic E-state index is 12.6. The van der Waals surface area contributed by atoms with Gasteiger partial charge in [-0.3, -0.25) is 0 Å². The molecule has 0 saturated carbocycles. The zero-order valence-corrected chi connectivity index (χ0v) is 16.8. The van der Waals surface area contributed by atoms with E-state index in [1.165, 1.54) is 0 Å². The number of carbonyl (C=O) groups excluding carboxylic acids is 2. The summed E-state index contributed by atoms with van der Waals surface area (Å²) < 4.78 is 10.7. The molecule has 1 aliphatic carbocycles. The predicted octanol–water partition coefficient (Wildman–Crippen LogP) is 4.31. The van der Waals surface area contributed by atoms with Gasteiger partial charge in [-0.1, -0.05) is 54.5 Å². The number of hydrogen-bond acceptors (Lipinski definition) is 4. The molecule has 2 aromatic rings. The molecule has 2 amide bonds. The van der Waals surface area contributed by atoms with Crippen LogP contribution in [0.25, 0.3) is 11.1 Å². The third-order valence-corrected chi connectivity index (χ3v) is 4.43. The van der Waals surface area contributed by atoms with Crippen LogP contribution < -0.4 is 5.43 Å². The molecule has 6 nitrogen and oxygen atoms in total. The van der Waals surface area contributed by atoms with Crippen molar-refractivity contribution in [3.63, 3.8) is 0 Å². The highest BCUT2D eigenvalue weighted by Gasteiger charge is 2.30. The minimum absolute atomic E-state index is 0.0828. The van der Waals surface area contributed by atoms with E-state index in [0.29, 0.717) is 0 Å². The summed E-state index contributed by atoms with van der Waals surface area (Å²) in [6.07, 6.45) is 3.81. The van der Waals surface area contributed by atoms with Gasteiger partial charge in [-0.25, -0.2) is 20.0 Å². The molecule has 1 N–H and O–H groups in total. The van der Waals surface area contributed by atoms with E-state index in [1.54, 1.807) is 20.8 Å². The smallest absolute Gasteiger partial charge is 0.429 e. The van der Waals surface area contributed by atoms with Gasteiger partial charge >= 0.3 is 12.2 Å². The quantitative estimate of drug-likeness (QED) is 0.624. The van der Waals surface area contributed by atoms with Gasteiger partial charge in [0.15, 0.2) is 0 Å². The normalized spacial score (nSPS) is 12.3. The molecule has 6 heteroatoms. The number of fused-ring (bicyclic) bond motifs is 3. The summed E-state index contributed by atoms with van der Waals surface area (Å²) in [7, 11) is 0. The van der Waals surface area contributed by atoms with Crippen LogP contribution in [0, 0.1) is 12.3 Å². The van der Waals surface area contributed by atoms with E-state index in [0.717, 1.165) is 27.3 Å². The molecule has 0 unspecified atom stereocenters. The van der Waals surface area contributed by atoms with Gasteiger partial charge in [-0.15, -0.1) is 6.42 Å². The fraction of sp³-hybridized carbons (Fsp3) is 0.304. The molecule has 1 aliphatic rings. The van der Waals surface area contributed by atoms with Crippen LogP contribution in [-0.2, 0) is 9.47 Å². The van der Waals surface area contributed by atoms with Crippen molar-refractivity contribution in [2.75, 3.05) is 13.2 Å². The molecular formula is C23H24N2O4. The Bertz CT molecular complexity index is 910. The van der Waals surface area contributed by atoms with Crippen molar-refractivity contribution in [1.29, 1.82) is 0 Å². The van der Waals surface area contributed by atoms with Gasteiger partial charge in [0, 0.05) is 5.92 Å². The van der Waals surface area contributed by atoms with Gasteiger partial charge in [0.25, 0.3) is 0 Å². The third-order valence-electron chi connectivity index (χ3n) is 4.43. The summed E-state index contributed by atoms with van der Waals surface area (Å²) in [5.74, 6) is 2.25. The average molecular weight is 392 g/mol. The first kappa shape index (κ1) is 20.3. The number of rotatable bonds is 3. The Labute approximate surface area is 170 Å². The number of amides is 2. The topological polar surface area (TPSA) is 67.9 Å². The van der Waals surface area contributed by atoms with Gasteiger partial charge in [0.2, 0.25) is 0 Å². The van der Waals surface area contributed by atoms with Crippen molar-refractivity contribution in [3.05, 3.63) is 59.7 Å². The van der Waals surface area contributed by atoms with Crippen LogP contribution in [0.3, 0.4) is 0 Å². The lowest BCUT2D eigenvalue weighted by Crippen LogP contribution is -2.48. The highest BCUT2D eigenvalue weighted by atomic mass is 16.6. The molecule has 0 bridgehead atoms. The molecule has 0 fully saturated rings. The van der Waals surface area contributed by atoms with Gasteiger partial charge in [-0.05, 0) is 43.0 Å². The number of terminal acetylenes is 1. The first-order chi connectivity index (χ1) is 13.8. The summed E-state index contributed by atoms with van der Waals surface area (Å²) in [5.41, 5.74) is 6.12. The number of benzene rings is 2. The van der Waals surface area contributed by atoms with E-state index >= 15 is 0 Å². The van der Waals surface area contributed by atoms with Crippen LogP contribution >= 0.6 is 0 Å². The zero-order valence-electron chi connectivity index (χ0n) is 16.8. The van der Waals surface area contributed by atoms with E-state index in [2.05, 4.69) is 23.5 Å². The lowest BCUT2D eigenvalue weighted by molar-refractivity contribution is 0.0302. The number of nitrogens with one attached hydrogen (secondary N) is 1. The van der Waals surface area contributed by atoms with Crippen LogP contribution in [-0.4, -0.2) is 35.9 Å². The van der Waals surface area contributed by atoms with E-state index < -0.39 is 17.8 Å². The minimum Gasteiger partial charge on any atom is -0.447 e. The molecular weight excluding hydrogens is 368 g/mol. The number of hydrogen-bond donors (Lipinski definition) is 1. The highest BCUT2D eigenvalue weighted by Crippen LogP contribution is 2.44. The van der Waals surface area contributed by atoms with Crippen LogP contribution in [0.4, 0.5) is 9.59 Å². The zero-order chi connectivity index (χ0) is 21.0. The number of hydrazine groups is 1. The molecule has 0 radical (unpaired) electrons. The lowest BCUT2D eigenvalue weighted by atomic mass is 9.98. The van der Waals surface area contributed by atoms with Crippen molar-refractivity contribution in [3.8, 4) is 23.5 Å². The number of nitrogens with zero attached hydrogens (tertiary/aromatic N) is 1. The predicted molar refractivity (Wildman–Crippen MR) is 110 cm³/mol. The monoisotopic (exact) mass is 392 g/mol. The highest BCUT2D eigenvalue weighted by molar-refractivity contribution is 5.79. The Balaban J connectivity index is 1.70. The summed E-state index contributed by atoms with van der Waals surface area (Å²) in [4.78, 5) is 24.5. The van der Waals surface area contributed by atoms with Gasteiger partial charge in [-0.2, -0.15) is 0 Å². The maximum absolute atomic E-state index is 12.6. The Hall–Kier alpha value is -3.46. The largest absolute Gasteiger partial charge is 0.447 e. The lowest BCUT2D eigenvalue weighted by Gasteiger charge is -2.25. The minimum atomic E-state index is -0.777. The Morgan fingerprint density at radius 2 is 1.62 bits per heavy atom. The van der Waals surface area contributed by atoms with Crippen LogP contribution in [0.15, 0.2) is 48.5 Å². The standard InChI is InChI=1S/C23H24N2O4/c1-5-14-25(24-21(26)29-23(2,3)4)22(27)28-15-20-18-12-8-6-10-16(18)17-11-7-9-13-19(17)20/h1,6-13,20H,14-15H2,2-4H3,(H,24,26). The SMILES string of the molecule is C#CCN(NC(=O)OC(C)(C)C)C(=O)OCC1c2ccccc2-c2ccccc21. The van der Waals surface area contributed by atoms with Crippen LogP contribution in [0.2, 0.25) is 0 Å². The second kappa shape index (κ2) is 8.27. The third kappa shape index (κ3) is 4.69. The Morgan fingerprint density at radius 1 is 1.07 bits per heavy atom. The summed E-state index contributed by atoms with van der Waals surface area (Å²) >= 11 is 0. The average Bonchev–Trinajstić information content (AvgIpc) is 2.98. The van der Waals surface area contributed by atoms with Gasteiger partial charge in [0.1, 0.15) is 18.8 Å². The Kier molecular flexibility index (Phi) is 5.79. The van der Waals surface area contributed by atoms with Crippen molar-refractivity contribution in [2.24, 2.45) is 0 Å². The molecule has 0 aliphatic heterocycles. The molecule has 2 aromatic carbocycles. The van der Waals surface area contributed by atoms with Gasteiger partial charge in [0.05, 0.1) is 0 Å². The number of ether oxygens (including phenoxy) is 2. The van der Waals surface area contributed by atoms with Crippen LogP contribution in [0.5, 0.6) is 0 Å². The summed E-state index contributed by atoms with van der Waals surface area (Å²) in [6.45, 7) is 5.17. The Morgan fingerprint density at radius 3 is 2.14 bits per heavy atom.